The Bertz CT molecular complexity index is 1320. The molecule has 0 saturated heterocycles. The van der Waals surface area contributed by atoms with E-state index in [0.717, 1.165) is 22.3 Å². The first kappa shape index (κ1) is 23.2. The summed E-state index contributed by atoms with van der Waals surface area (Å²) in [5.41, 5.74) is 2.88. The molecule has 1 saturated carbocycles. The van der Waals surface area contributed by atoms with E-state index in [4.69, 9.17) is 27.9 Å². The van der Waals surface area contributed by atoms with E-state index < -0.39 is 23.5 Å². The molecule has 2 amide bonds. The van der Waals surface area contributed by atoms with Gasteiger partial charge in [0.25, 0.3) is 0 Å². The van der Waals surface area contributed by atoms with Gasteiger partial charge in [0.15, 0.2) is 0 Å². The molecule has 2 aliphatic rings. The molecule has 3 aromatic carbocycles. The van der Waals surface area contributed by atoms with E-state index in [-0.39, 0.29) is 33.8 Å². The van der Waals surface area contributed by atoms with Crippen molar-refractivity contribution in [1.29, 1.82) is 0 Å². The van der Waals surface area contributed by atoms with Crippen LogP contribution >= 0.6 is 23.2 Å². The molecule has 3 aromatic rings. The van der Waals surface area contributed by atoms with Crippen LogP contribution in [0.25, 0.3) is 11.1 Å². The Balaban J connectivity index is 1.27. The summed E-state index contributed by atoms with van der Waals surface area (Å²) < 4.78 is 5.55. The van der Waals surface area contributed by atoms with Gasteiger partial charge >= 0.3 is 12.1 Å². The molecule has 0 atom stereocenters. The number of carbonyl (C=O) groups is 3. The lowest BCUT2D eigenvalue weighted by molar-refractivity contribution is -0.119. The van der Waals surface area contributed by atoms with E-state index in [0.29, 0.717) is 12.8 Å². The van der Waals surface area contributed by atoms with Crippen molar-refractivity contribution < 1.29 is 24.2 Å². The molecule has 9 heteroatoms. The van der Waals surface area contributed by atoms with Crippen LogP contribution in [0.5, 0.6) is 0 Å². The maximum Gasteiger partial charge on any atom is 0.408 e. The summed E-state index contributed by atoms with van der Waals surface area (Å²) in [5, 5.41) is 14.7. The average Bonchev–Trinajstić information content (AvgIpc) is 3.54. The van der Waals surface area contributed by atoms with Gasteiger partial charge in [0.1, 0.15) is 12.1 Å². The Kier molecular flexibility index (Phi) is 5.91. The quantitative estimate of drug-likeness (QED) is 0.394. The third-order valence-electron chi connectivity index (χ3n) is 6.39. The number of carbonyl (C=O) groups excluding carboxylic acids is 2. The molecule has 1 fully saturated rings. The number of nitrogens with one attached hydrogen (secondary N) is 2. The van der Waals surface area contributed by atoms with E-state index in [2.05, 4.69) is 10.6 Å². The number of amides is 2. The molecule has 0 spiro atoms. The third-order valence-corrected chi connectivity index (χ3v) is 6.91. The van der Waals surface area contributed by atoms with Crippen LogP contribution in [0.1, 0.15) is 40.2 Å². The van der Waals surface area contributed by atoms with Crippen molar-refractivity contribution in [2.45, 2.75) is 24.3 Å². The fourth-order valence-corrected chi connectivity index (χ4v) is 5.01. The van der Waals surface area contributed by atoms with Crippen LogP contribution in [0.2, 0.25) is 10.0 Å². The highest BCUT2D eigenvalue weighted by Crippen LogP contribution is 2.44. The normalized spacial score (nSPS) is 15.0. The number of carboxylic acids is 1. The number of halogens is 2. The average molecular weight is 511 g/mol. The first-order valence-corrected chi connectivity index (χ1v) is 11.7. The number of fused-ring (bicyclic) bond motifs is 3. The lowest BCUT2D eigenvalue weighted by Gasteiger charge is -2.20. The first-order valence-electron chi connectivity index (χ1n) is 11.0. The molecular weight excluding hydrogens is 491 g/mol. The van der Waals surface area contributed by atoms with Gasteiger partial charge in [-0.2, -0.15) is 0 Å². The largest absolute Gasteiger partial charge is 0.478 e. The van der Waals surface area contributed by atoms with Gasteiger partial charge in [-0.3, -0.25) is 4.79 Å². The van der Waals surface area contributed by atoms with Gasteiger partial charge < -0.3 is 20.5 Å². The van der Waals surface area contributed by atoms with Crippen molar-refractivity contribution in [2.24, 2.45) is 0 Å². The highest BCUT2D eigenvalue weighted by atomic mass is 35.5. The Morgan fingerprint density at radius 1 is 0.971 bits per heavy atom. The van der Waals surface area contributed by atoms with Gasteiger partial charge in [0.2, 0.25) is 5.91 Å². The Labute approximate surface area is 211 Å². The number of rotatable bonds is 6. The van der Waals surface area contributed by atoms with Crippen molar-refractivity contribution in [1.82, 2.24) is 5.32 Å². The highest BCUT2D eigenvalue weighted by Gasteiger charge is 2.52. The van der Waals surface area contributed by atoms with Gasteiger partial charge in [-0.1, -0.05) is 71.7 Å². The minimum Gasteiger partial charge on any atom is -0.478 e. The zero-order chi connectivity index (χ0) is 24.7. The molecule has 3 N–H and O–H groups in total. The van der Waals surface area contributed by atoms with Gasteiger partial charge in [-0.25, -0.2) is 9.59 Å². The molecule has 0 aliphatic heterocycles. The second-order valence-corrected chi connectivity index (χ2v) is 9.45. The molecule has 35 heavy (non-hydrogen) atoms. The Hall–Kier alpha value is -3.55. The molecular formula is C26H20Cl2N2O5. The summed E-state index contributed by atoms with van der Waals surface area (Å²) >= 11 is 12.0. The standard InChI is InChI=1S/C26H20Cl2N2O5/c27-14-11-19(23(31)32)22(21(28)12-14)29-24(33)26(9-10-26)30-25(34)35-13-20-17-7-3-1-5-15(17)16-6-2-4-8-18(16)20/h1-8,11-12,20H,9-10,13H2,(H,29,33)(H,30,34)(H,31,32). The van der Waals surface area contributed by atoms with Crippen LogP contribution in [0.4, 0.5) is 10.5 Å². The fourth-order valence-electron chi connectivity index (χ4n) is 4.47. The monoisotopic (exact) mass is 510 g/mol. The third kappa shape index (κ3) is 4.33. The van der Waals surface area contributed by atoms with E-state index >= 15 is 0 Å². The van der Waals surface area contributed by atoms with Crippen molar-refractivity contribution in [3.63, 3.8) is 0 Å². The molecule has 0 radical (unpaired) electrons. The van der Waals surface area contributed by atoms with Crippen molar-refractivity contribution >= 4 is 46.9 Å². The van der Waals surface area contributed by atoms with E-state index in [1.165, 1.54) is 12.1 Å². The summed E-state index contributed by atoms with van der Waals surface area (Å²) in [6, 6.07) is 18.5. The zero-order valence-electron chi connectivity index (χ0n) is 18.3. The first-order chi connectivity index (χ1) is 16.8. The number of hydrogen-bond donors (Lipinski definition) is 3. The Morgan fingerprint density at radius 2 is 1.57 bits per heavy atom. The molecule has 178 valence electrons. The smallest absolute Gasteiger partial charge is 0.408 e. The second kappa shape index (κ2) is 8.91. The molecule has 7 nitrogen and oxygen atoms in total. The predicted molar refractivity (Wildman–Crippen MR) is 132 cm³/mol. The lowest BCUT2D eigenvalue weighted by Crippen LogP contribution is -2.46. The Morgan fingerprint density at radius 3 is 2.14 bits per heavy atom. The van der Waals surface area contributed by atoms with E-state index in [1.54, 1.807) is 0 Å². The van der Waals surface area contributed by atoms with Crippen LogP contribution < -0.4 is 10.6 Å². The molecule has 0 unspecified atom stereocenters. The number of aromatic carboxylic acids is 1. The van der Waals surface area contributed by atoms with Crippen LogP contribution in [0, 0.1) is 0 Å². The predicted octanol–water partition coefficient (Wildman–Crippen LogP) is 5.70. The molecule has 2 aliphatic carbocycles. The molecule has 5 rings (SSSR count). The fraction of sp³-hybridized carbons (Fsp3) is 0.192. The van der Waals surface area contributed by atoms with Gasteiger partial charge in [0, 0.05) is 10.9 Å². The summed E-state index contributed by atoms with van der Waals surface area (Å²) in [5.74, 6) is -1.97. The summed E-state index contributed by atoms with van der Waals surface area (Å²) in [6.45, 7) is 0.115. The van der Waals surface area contributed by atoms with Gasteiger partial charge in [-0.15, -0.1) is 0 Å². The van der Waals surface area contributed by atoms with Crippen molar-refractivity contribution in [3.05, 3.63) is 87.4 Å². The number of benzene rings is 3. The van der Waals surface area contributed by atoms with Gasteiger partial charge in [0.05, 0.1) is 16.3 Å². The number of carboxylic acid groups (broad SMARTS) is 1. The lowest BCUT2D eigenvalue weighted by atomic mass is 9.98. The zero-order valence-corrected chi connectivity index (χ0v) is 19.8. The second-order valence-electron chi connectivity index (χ2n) is 8.60. The van der Waals surface area contributed by atoms with Crippen LogP contribution in [0.15, 0.2) is 60.7 Å². The minimum absolute atomic E-state index is 0.0137. The SMILES string of the molecule is O=C(NC1(C(=O)Nc2c(Cl)cc(Cl)cc2C(=O)O)CC1)OCC1c2ccccc2-c2ccccc21. The summed E-state index contributed by atoms with van der Waals surface area (Å²) in [6.07, 6.45) is 0.0491. The van der Waals surface area contributed by atoms with Gasteiger partial charge in [-0.05, 0) is 47.2 Å². The molecule has 0 bridgehead atoms. The maximum absolute atomic E-state index is 13.0. The summed E-state index contributed by atoms with van der Waals surface area (Å²) in [4.78, 5) is 37.2. The number of hydrogen-bond acceptors (Lipinski definition) is 4. The van der Waals surface area contributed by atoms with Crippen molar-refractivity contribution in [3.8, 4) is 11.1 Å². The number of alkyl carbamates (subject to hydrolysis) is 1. The minimum atomic E-state index is -1.29. The highest BCUT2D eigenvalue weighted by molar-refractivity contribution is 6.38. The molecule has 0 aromatic heterocycles. The van der Waals surface area contributed by atoms with E-state index in [9.17, 15) is 19.5 Å². The summed E-state index contributed by atoms with van der Waals surface area (Å²) in [7, 11) is 0. The topological polar surface area (TPSA) is 105 Å². The van der Waals surface area contributed by atoms with Crippen LogP contribution in [-0.2, 0) is 9.53 Å². The van der Waals surface area contributed by atoms with Crippen molar-refractivity contribution in [2.75, 3.05) is 11.9 Å². The number of ether oxygens (including phenoxy) is 1. The maximum atomic E-state index is 13.0. The van der Waals surface area contributed by atoms with Crippen LogP contribution in [0.3, 0.4) is 0 Å². The molecule has 0 heterocycles. The van der Waals surface area contributed by atoms with Crippen LogP contribution in [-0.4, -0.2) is 35.2 Å². The van der Waals surface area contributed by atoms with E-state index in [1.807, 2.05) is 48.5 Å². The number of anilines is 1.